The van der Waals surface area contributed by atoms with Gasteiger partial charge in [-0.1, -0.05) is 12.1 Å². The second-order valence-electron chi connectivity index (χ2n) is 3.53. The van der Waals surface area contributed by atoms with Gasteiger partial charge in [-0.25, -0.2) is 8.78 Å². The highest BCUT2D eigenvalue weighted by Crippen LogP contribution is 2.10. The van der Waals surface area contributed by atoms with Crippen molar-refractivity contribution in [3.05, 3.63) is 35.4 Å². The van der Waals surface area contributed by atoms with Crippen molar-refractivity contribution < 1.29 is 13.9 Å². The van der Waals surface area contributed by atoms with Crippen LogP contribution in [0.15, 0.2) is 18.2 Å². The molecule has 1 unspecified atom stereocenters. The van der Waals surface area contributed by atoms with E-state index in [0.717, 1.165) is 6.07 Å². The van der Waals surface area contributed by atoms with Gasteiger partial charge in [0.05, 0.1) is 6.10 Å². The third-order valence-corrected chi connectivity index (χ3v) is 2.09. The molecule has 15 heavy (non-hydrogen) atoms. The number of benzene rings is 1. The molecule has 0 spiro atoms. The van der Waals surface area contributed by atoms with Crippen LogP contribution in [0.1, 0.15) is 18.9 Å². The van der Waals surface area contributed by atoms with Crippen molar-refractivity contribution in [1.82, 2.24) is 5.32 Å². The standard InChI is InChI=1S/C11H15F2NO/c1-8(15)5-6-14-7-9-3-2-4-10(12)11(9)13/h2-4,8,14-15H,5-7H2,1H3. The molecule has 4 heteroatoms. The molecule has 0 aliphatic heterocycles. The Morgan fingerprint density at radius 3 is 2.80 bits per heavy atom. The first-order valence-electron chi connectivity index (χ1n) is 4.93. The number of aliphatic hydroxyl groups is 1. The third-order valence-electron chi connectivity index (χ3n) is 2.09. The Kier molecular flexibility index (Phi) is 4.65. The summed E-state index contributed by atoms with van der Waals surface area (Å²) >= 11 is 0. The van der Waals surface area contributed by atoms with Gasteiger partial charge in [0.25, 0.3) is 0 Å². The topological polar surface area (TPSA) is 32.3 Å². The minimum Gasteiger partial charge on any atom is -0.393 e. The van der Waals surface area contributed by atoms with Gasteiger partial charge in [-0.3, -0.25) is 0 Å². The summed E-state index contributed by atoms with van der Waals surface area (Å²) in [5.74, 6) is -1.63. The SMILES string of the molecule is CC(O)CCNCc1cccc(F)c1F. The molecule has 0 heterocycles. The van der Waals surface area contributed by atoms with E-state index in [0.29, 0.717) is 18.5 Å². The lowest BCUT2D eigenvalue weighted by atomic mass is 10.2. The van der Waals surface area contributed by atoms with E-state index in [1.807, 2.05) is 0 Å². The van der Waals surface area contributed by atoms with Crippen LogP contribution in [-0.4, -0.2) is 17.8 Å². The van der Waals surface area contributed by atoms with Crippen LogP contribution in [0.3, 0.4) is 0 Å². The van der Waals surface area contributed by atoms with Crippen LogP contribution in [0, 0.1) is 11.6 Å². The summed E-state index contributed by atoms with van der Waals surface area (Å²) in [6, 6.07) is 4.10. The summed E-state index contributed by atoms with van der Waals surface area (Å²) in [5, 5.41) is 11.9. The first-order valence-corrected chi connectivity index (χ1v) is 4.93. The molecule has 0 amide bonds. The largest absolute Gasteiger partial charge is 0.393 e. The predicted octanol–water partition coefficient (Wildman–Crippen LogP) is 1.83. The molecule has 0 bridgehead atoms. The van der Waals surface area contributed by atoms with Crippen LogP contribution in [0.25, 0.3) is 0 Å². The van der Waals surface area contributed by atoms with Gasteiger partial charge in [-0.15, -0.1) is 0 Å². The number of nitrogens with one attached hydrogen (secondary N) is 1. The fourth-order valence-corrected chi connectivity index (χ4v) is 1.22. The van der Waals surface area contributed by atoms with Crippen molar-refractivity contribution in [3.63, 3.8) is 0 Å². The first-order chi connectivity index (χ1) is 7.11. The summed E-state index contributed by atoms with van der Waals surface area (Å²) in [6.07, 6.45) is 0.214. The molecule has 1 aromatic carbocycles. The zero-order chi connectivity index (χ0) is 11.3. The highest BCUT2D eigenvalue weighted by atomic mass is 19.2. The molecule has 0 saturated heterocycles. The van der Waals surface area contributed by atoms with Crippen LogP contribution in [-0.2, 0) is 6.54 Å². The quantitative estimate of drug-likeness (QED) is 0.734. The maximum atomic E-state index is 13.1. The molecule has 1 atom stereocenters. The van der Waals surface area contributed by atoms with E-state index >= 15 is 0 Å². The van der Waals surface area contributed by atoms with Crippen molar-refractivity contribution in [2.24, 2.45) is 0 Å². The van der Waals surface area contributed by atoms with Crippen LogP contribution in [0.2, 0.25) is 0 Å². The van der Waals surface area contributed by atoms with Crippen LogP contribution in [0.4, 0.5) is 8.78 Å². The smallest absolute Gasteiger partial charge is 0.163 e. The second kappa shape index (κ2) is 5.78. The summed E-state index contributed by atoms with van der Waals surface area (Å²) in [4.78, 5) is 0. The summed E-state index contributed by atoms with van der Waals surface area (Å²) in [5.41, 5.74) is 0.306. The average Bonchev–Trinajstić information content (AvgIpc) is 2.18. The molecule has 1 rings (SSSR count). The molecule has 2 N–H and O–H groups in total. The molecule has 0 aliphatic rings. The Morgan fingerprint density at radius 2 is 2.13 bits per heavy atom. The number of hydrogen-bond donors (Lipinski definition) is 2. The van der Waals surface area contributed by atoms with Gasteiger partial charge in [0.15, 0.2) is 11.6 Å². The Bertz CT molecular complexity index is 315. The monoisotopic (exact) mass is 215 g/mol. The summed E-state index contributed by atoms with van der Waals surface area (Å²) in [6.45, 7) is 2.54. The van der Waals surface area contributed by atoms with Crippen LogP contribution < -0.4 is 5.32 Å². The van der Waals surface area contributed by atoms with E-state index in [9.17, 15) is 8.78 Å². The maximum Gasteiger partial charge on any atom is 0.163 e. The predicted molar refractivity (Wildman–Crippen MR) is 54.4 cm³/mol. The Labute approximate surface area is 87.9 Å². The van der Waals surface area contributed by atoms with E-state index in [2.05, 4.69) is 5.32 Å². The minimum atomic E-state index is -0.829. The lowest BCUT2D eigenvalue weighted by molar-refractivity contribution is 0.183. The Balaban J connectivity index is 2.41. The van der Waals surface area contributed by atoms with E-state index in [-0.39, 0.29) is 12.6 Å². The van der Waals surface area contributed by atoms with Crippen molar-refractivity contribution in [3.8, 4) is 0 Å². The molecule has 1 aromatic rings. The van der Waals surface area contributed by atoms with Gasteiger partial charge in [-0.2, -0.15) is 0 Å². The fraction of sp³-hybridized carbons (Fsp3) is 0.455. The molecular weight excluding hydrogens is 200 g/mol. The van der Waals surface area contributed by atoms with Gasteiger partial charge < -0.3 is 10.4 Å². The Hall–Kier alpha value is -1.00. The highest BCUT2D eigenvalue weighted by molar-refractivity contribution is 5.18. The molecule has 0 radical (unpaired) electrons. The van der Waals surface area contributed by atoms with Crippen molar-refractivity contribution in [2.45, 2.75) is 26.0 Å². The van der Waals surface area contributed by atoms with E-state index < -0.39 is 11.6 Å². The van der Waals surface area contributed by atoms with Gasteiger partial charge in [0.2, 0.25) is 0 Å². The summed E-state index contributed by atoms with van der Waals surface area (Å²) in [7, 11) is 0. The minimum absolute atomic E-state index is 0.274. The zero-order valence-electron chi connectivity index (χ0n) is 8.63. The van der Waals surface area contributed by atoms with Gasteiger partial charge in [0.1, 0.15) is 0 Å². The number of rotatable bonds is 5. The van der Waals surface area contributed by atoms with Crippen LogP contribution >= 0.6 is 0 Å². The average molecular weight is 215 g/mol. The fourth-order valence-electron chi connectivity index (χ4n) is 1.22. The number of aliphatic hydroxyl groups excluding tert-OH is 1. The van der Waals surface area contributed by atoms with E-state index in [1.54, 1.807) is 6.92 Å². The maximum absolute atomic E-state index is 13.1. The second-order valence-corrected chi connectivity index (χ2v) is 3.53. The number of hydrogen-bond acceptors (Lipinski definition) is 2. The first kappa shape index (κ1) is 12.1. The van der Waals surface area contributed by atoms with E-state index in [1.165, 1.54) is 12.1 Å². The van der Waals surface area contributed by atoms with E-state index in [4.69, 9.17) is 5.11 Å². The number of halogens is 2. The van der Waals surface area contributed by atoms with Crippen molar-refractivity contribution in [1.29, 1.82) is 0 Å². The van der Waals surface area contributed by atoms with Crippen molar-refractivity contribution in [2.75, 3.05) is 6.54 Å². The molecule has 0 aliphatic carbocycles. The lowest BCUT2D eigenvalue weighted by Crippen LogP contribution is -2.19. The van der Waals surface area contributed by atoms with Gasteiger partial charge >= 0.3 is 0 Å². The normalized spacial score (nSPS) is 12.8. The zero-order valence-corrected chi connectivity index (χ0v) is 8.63. The molecule has 0 aromatic heterocycles. The molecule has 0 saturated carbocycles. The summed E-state index contributed by atoms with van der Waals surface area (Å²) < 4.78 is 25.9. The van der Waals surface area contributed by atoms with Crippen LogP contribution in [0.5, 0.6) is 0 Å². The van der Waals surface area contributed by atoms with Gasteiger partial charge in [0, 0.05) is 12.1 Å². The molecular formula is C11H15F2NO. The highest BCUT2D eigenvalue weighted by Gasteiger charge is 2.06. The molecule has 2 nitrogen and oxygen atoms in total. The third kappa shape index (κ3) is 3.93. The lowest BCUT2D eigenvalue weighted by Gasteiger charge is -2.07. The molecule has 84 valence electrons. The molecule has 0 fully saturated rings. The Morgan fingerprint density at radius 1 is 1.40 bits per heavy atom. The van der Waals surface area contributed by atoms with Gasteiger partial charge in [-0.05, 0) is 26.0 Å². The van der Waals surface area contributed by atoms with Crippen molar-refractivity contribution >= 4 is 0 Å².